The van der Waals surface area contributed by atoms with Crippen LogP contribution in [-0.4, -0.2) is 23.7 Å². The van der Waals surface area contributed by atoms with E-state index in [1.54, 1.807) is 0 Å². The van der Waals surface area contributed by atoms with Crippen molar-refractivity contribution in [1.29, 1.82) is 0 Å². The predicted molar refractivity (Wildman–Crippen MR) is 88.8 cm³/mol. The molecule has 0 aromatic heterocycles. The monoisotopic (exact) mass is 310 g/mol. The number of nitrogens with zero attached hydrogens (tertiary/aromatic N) is 1. The number of amidine groups is 1. The van der Waals surface area contributed by atoms with Crippen LogP contribution < -0.4 is 16.0 Å². The lowest BCUT2D eigenvalue weighted by atomic mass is 10.0. The Morgan fingerprint density at radius 2 is 1.78 bits per heavy atom. The molecule has 0 spiro atoms. The molecule has 1 aliphatic heterocycles. The molecule has 1 aliphatic carbocycles. The van der Waals surface area contributed by atoms with E-state index >= 15 is 0 Å². The zero-order valence-corrected chi connectivity index (χ0v) is 13.0. The SMILES string of the molecule is CC(=O)NC1=CC=C2NC(c3ccc(NC(C)=O)cc3)=NC2C1. The molecule has 2 amide bonds. The highest BCUT2D eigenvalue weighted by Crippen LogP contribution is 2.25. The van der Waals surface area contributed by atoms with E-state index in [0.29, 0.717) is 6.42 Å². The van der Waals surface area contributed by atoms with Crippen molar-refractivity contribution in [3.8, 4) is 0 Å². The molecular formula is C17H18N4O2. The van der Waals surface area contributed by atoms with Crippen LogP contribution in [0.1, 0.15) is 25.8 Å². The van der Waals surface area contributed by atoms with Gasteiger partial charge in [-0.3, -0.25) is 14.6 Å². The minimum absolute atomic E-state index is 0.00636. The fourth-order valence-corrected chi connectivity index (χ4v) is 2.63. The number of amides is 2. The molecule has 0 fully saturated rings. The molecule has 0 bridgehead atoms. The van der Waals surface area contributed by atoms with E-state index in [2.05, 4.69) is 20.9 Å². The zero-order valence-electron chi connectivity index (χ0n) is 13.0. The van der Waals surface area contributed by atoms with Gasteiger partial charge in [-0.2, -0.15) is 0 Å². The Labute approximate surface area is 134 Å². The first-order chi connectivity index (χ1) is 11.0. The molecule has 1 aromatic carbocycles. The molecule has 3 rings (SSSR count). The van der Waals surface area contributed by atoms with Crippen LogP contribution in [0.5, 0.6) is 0 Å². The molecule has 6 heteroatoms. The van der Waals surface area contributed by atoms with Crippen molar-refractivity contribution in [2.24, 2.45) is 4.99 Å². The summed E-state index contributed by atoms with van der Waals surface area (Å²) in [6, 6.07) is 7.53. The summed E-state index contributed by atoms with van der Waals surface area (Å²) < 4.78 is 0. The average molecular weight is 310 g/mol. The number of fused-ring (bicyclic) bond motifs is 1. The van der Waals surface area contributed by atoms with Gasteiger partial charge in [0.25, 0.3) is 0 Å². The van der Waals surface area contributed by atoms with Crippen LogP contribution in [0.4, 0.5) is 5.69 Å². The first-order valence-corrected chi connectivity index (χ1v) is 7.42. The van der Waals surface area contributed by atoms with Gasteiger partial charge in [0.1, 0.15) is 5.84 Å². The molecule has 1 heterocycles. The molecule has 1 unspecified atom stereocenters. The second-order valence-electron chi connectivity index (χ2n) is 5.58. The molecule has 118 valence electrons. The van der Waals surface area contributed by atoms with Crippen LogP contribution in [0.2, 0.25) is 0 Å². The maximum absolute atomic E-state index is 11.1. The van der Waals surface area contributed by atoms with Crippen molar-refractivity contribution in [3.05, 3.63) is 53.4 Å². The van der Waals surface area contributed by atoms with E-state index in [-0.39, 0.29) is 17.9 Å². The van der Waals surface area contributed by atoms with Crippen molar-refractivity contribution in [3.63, 3.8) is 0 Å². The summed E-state index contributed by atoms with van der Waals surface area (Å²) in [5, 5.41) is 8.86. The number of allylic oxidation sites excluding steroid dienone is 2. The largest absolute Gasteiger partial charge is 0.342 e. The minimum atomic E-state index is -0.0955. The summed E-state index contributed by atoms with van der Waals surface area (Å²) in [4.78, 5) is 26.9. The van der Waals surface area contributed by atoms with Crippen LogP contribution in [0, 0.1) is 0 Å². The topological polar surface area (TPSA) is 82.6 Å². The number of nitrogens with one attached hydrogen (secondary N) is 3. The molecule has 0 radical (unpaired) electrons. The Morgan fingerprint density at radius 3 is 2.43 bits per heavy atom. The van der Waals surface area contributed by atoms with Gasteiger partial charge in [-0.25, -0.2) is 0 Å². The van der Waals surface area contributed by atoms with E-state index in [9.17, 15) is 9.59 Å². The first-order valence-electron chi connectivity index (χ1n) is 7.42. The standard InChI is InChI=1S/C17H18N4O2/c1-10(22)18-13-5-3-12(4-6-13)17-20-15-8-7-14(19-11(2)23)9-16(15)21-17/h3-8,16H,9H2,1-2H3,(H,18,22)(H,19,23)(H,20,21). The lowest BCUT2D eigenvalue weighted by Gasteiger charge is -2.16. The first kappa shape index (κ1) is 15.0. The Hall–Kier alpha value is -2.89. The Morgan fingerprint density at radius 1 is 1.09 bits per heavy atom. The normalized spacial score (nSPS) is 18.9. The molecule has 1 aromatic rings. The summed E-state index contributed by atoms with van der Waals surface area (Å²) >= 11 is 0. The van der Waals surface area contributed by atoms with Gasteiger partial charge in [-0.1, -0.05) is 0 Å². The maximum atomic E-state index is 11.1. The molecule has 0 saturated carbocycles. The van der Waals surface area contributed by atoms with E-state index in [1.807, 2.05) is 36.4 Å². The highest BCUT2D eigenvalue weighted by Gasteiger charge is 2.26. The van der Waals surface area contributed by atoms with Crippen LogP contribution in [0.3, 0.4) is 0 Å². The number of carbonyl (C=O) groups is 2. The van der Waals surface area contributed by atoms with Gasteiger partial charge >= 0.3 is 0 Å². The molecule has 0 saturated heterocycles. The highest BCUT2D eigenvalue weighted by molar-refractivity contribution is 6.02. The predicted octanol–water partition coefficient (Wildman–Crippen LogP) is 1.67. The van der Waals surface area contributed by atoms with Gasteiger partial charge < -0.3 is 16.0 Å². The van der Waals surface area contributed by atoms with Gasteiger partial charge in [-0.15, -0.1) is 0 Å². The number of hydrogen-bond donors (Lipinski definition) is 3. The summed E-state index contributed by atoms with van der Waals surface area (Å²) in [5.41, 5.74) is 3.61. The van der Waals surface area contributed by atoms with Gasteiger partial charge in [0.15, 0.2) is 0 Å². The van der Waals surface area contributed by atoms with Gasteiger partial charge in [0, 0.05) is 42.9 Å². The maximum Gasteiger partial charge on any atom is 0.221 e. The van der Waals surface area contributed by atoms with E-state index < -0.39 is 0 Å². The second kappa shape index (κ2) is 6.08. The lowest BCUT2D eigenvalue weighted by molar-refractivity contribution is -0.118. The minimum Gasteiger partial charge on any atom is -0.342 e. The van der Waals surface area contributed by atoms with Crippen LogP contribution in [0.25, 0.3) is 0 Å². The van der Waals surface area contributed by atoms with Gasteiger partial charge in [-0.05, 0) is 36.4 Å². The number of anilines is 1. The lowest BCUT2D eigenvalue weighted by Crippen LogP contribution is -2.26. The van der Waals surface area contributed by atoms with Crippen molar-refractivity contribution >= 4 is 23.3 Å². The van der Waals surface area contributed by atoms with Crippen molar-refractivity contribution < 1.29 is 9.59 Å². The quantitative estimate of drug-likeness (QED) is 0.794. The van der Waals surface area contributed by atoms with E-state index in [1.165, 1.54) is 13.8 Å². The molecule has 23 heavy (non-hydrogen) atoms. The molecule has 3 N–H and O–H groups in total. The Kier molecular flexibility index (Phi) is 3.97. The number of carbonyl (C=O) groups excluding carboxylic acids is 2. The van der Waals surface area contributed by atoms with Crippen LogP contribution in [-0.2, 0) is 9.59 Å². The second-order valence-corrected chi connectivity index (χ2v) is 5.58. The van der Waals surface area contributed by atoms with Crippen LogP contribution >= 0.6 is 0 Å². The molecule has 2 aliphatic rings. The van der Waals surface area contributed by atoms with Crippen LogP contribution in [0.15, 0.2) is 52.8 Å². The highest BCUT2D eigenvalue weighted by atomic mass is 16.2. The molecule has 1 atom stereocenters. The van der Waals surface area contributed by atoms with Crippen molar-refractivity contribution in [2.45, 2.75) is 26.3 Å². The molecule has 6 nitrogen and oxygen atoms in total. The fourth-order valence-electron chi connectivity index (χ4n) is 2.63. The average Bonchev–Trinajstić information content (AvgIpc) is 2.90. The van der Waals surface area contributed by atoms with E-state index in [0.717, 1.165) is 28.5 Å². The fraction of sp³-hybridized carbons (Fsp3) is 0.235. The zero-order chi connectivity index (χ0) is 16.4. The Bertz CT molecular complexity index is 744. The van der Waals surface area contributed by atoms with E-state index in [4.69, 9.17) is 0 Å². The number of aliphatic imine (C=N–C) groups is 1. The number of hydrogen-bond acceptors (Lipinski definition) is 4. The van der Waals surface area contributed by atoms with Gasteiger partial charge in [0.05, 0.1) is 6.04 Å². The smallest absolute Gasteiger partial charge is 0.221 e. The van der Waals surface area contributed by atoms with Crippen molar-refractivity contribution in [1.82, 2.24) is 10.6 Å². The molecular weight excluding hydrogens is 292 g/mol. The number of benzene rings is 1. The third-order valence-electron chi connectivity index (χ3n) is 3.60. The van der Waals surface area contributed by atoms with Crippen molar-refractivity contribution in [2.75, 3.05) is 5.32 Å². The third-order valence-corrected chi connectivity index (χ3v) is 3.60. The summed E-state index contributed by atoms with van der Waals surface area (Å²) in [7, 11) is 0. The summed E-state index contributed by atoms with van der Waals surface area (Å²) in [6.45, 7) is 2.98. The van der Waals surface area contributed by atoms with Gasteiger partial charge in [0.2, 0.25) is 11.8 Å². The number of rotatable bonds is 3. The Balaban J connectivity index is 1.72. The summed E-state index contributed by atoms with van der Waals surface area (Å²) in [5.74, 6) is 0.631. The summed E-state index contributed by atoms with van der Waals surface area (Å²) in [6.07, 6.45) is 4.52. The third kappa shape index (κ3) is 3.48.